The standard InChI is InChI=1S/C21H16ClN5O2S/c22-16-4-6-19(7-5-16)30(28,29)27-18-3-1-2-17(14-18)25-21-24-13-10-20(26-21)15-8-11-23-12-9-15/h1-14,27H,(H,24,25,26). The van der Waals surface area contributed by atoms with Crippen LogP contribution in [0.4, 0.5) is 17.3 Å². The third-order valence-corrected chi connectivity index (χ3v) is 5.78. The Morgan fingerprint density at radius 3 is 2.33 bits per heavy atom. The molecule has 0 radical (unpaired) electrons. The molecule has 0 saturated carbocycles. The third-order valence-electron chi connectivity index (χ3n) is 4.13. The van der Waals surface area contributed by atoms with Crippen LogP contribution in [-0.2, 0) is 10.0 Å². The molecular weight excluding hydrogens is 422 g/mol. The summed E-state index contributed by atoms with van der Waals surface area (Å²) < 4.78 is 27.7. The van der Waals surface area contributed by atoms with Crippen LogP contribution in [0.1, 0.15) is 0 Å². The van der Waals surface area contributed by atoms with Crippen molar-refractivity contribution in [3.63, 3.8) is 0 Å². The van der Waals surface area contributed by atoms with Gasteiger partial charge in [-0.25, -0.2) is 18.4 Å². The third kappa shape index (κ3) is 4.73. The predicted octanol–water partition coefficient (Wildman–Crippen LogP) is 4.74. The number of hydrogen-bond acceptors (Lipinski definition) is 6. The minimum atomic E-state index is -3.74. The normalized spacial score (nSPS) is 11.1. The molecule has 2 heterocycles. The second-order valence-electron chi connectivity index (χ2n) is 6.27. The van der Waals surface area contributed by atoms with E-state index in [1.165, 1.54) is 24.3 Å². The summed E-state index contributed by atoms with van der Waals surface area (Å²) in [7, 11) is -3.74. The van der Waals surface area contributed by atoms with E-state index in [1.807, 2.05) is 12.1 Å². The minimum absolute atomic E-state index is 0.124. The molecule has 0 amide bonds. The molecule has 2 aromatic heterocycles. The van der Waals surface area contributed by atoms with Crippen LogP contribution >= 0.6 is 11.6 Å². The number of nitrogens with zero attached hydrogens (tertiary/aromatic N) is 3. The van der Waals surface area contributed by atoms with E-state index in [4.69, 9.17) is 11.6 Å². The fraction of sp³-hybridized carbons (Fsp3) is 0. The summed E-state index contributed by atoms with van der Waals surface area (Å²) in [6.45, 7) is 0. The highest BCUT2D eigenvalue weighted by atomic mass is 35.5. The van der Waals surface area contributed by atoms with Gasteiger partial charge in [0.1, 0.15) is 0 Å². The lowest BCUT2D eigenvalue weighted by Gasteiger charge is -2.11. The van der Waals surface area contributed by atoms with Crippen LogP contribution in [0.5, 0.6) is 0 Å². The van der Waals surface area contributed by atoms with Gasteiger partial charge < -0.3 is 5.32 Å². The van der Waals surface area contributed by atoms with E-state index in [1.54, 1.807) is 48.9 Å². The highest BCUT2D eigenvalue weighted by molar-refractivity contribution is 7.92. The van der Waals surface area contributed by atoms with E-state index in [-0.39, 0.29) is 4.90 Å². The Labute approximate surface area is 178 Å². The van der Waals surface area contributed by atoms with Crippen LogP contribution in [-0.4, -0.2) is 23.4 Å². The van der Waals surface area contributed by atoms with Gasteiger partial charge in [-0.1, -0.05) is 17.7 Å². The first-order chi connectivity index (χ1) is 14.5. The number of anilines is 3. The van der Waals surface area contributed by atoms with Gasteiger partial charge in [0.15, 0.2) is 0 Å². The molecule has 7 nitrogen and oxygen atoms in total. The first-order valence-corrected chi connectivity index (χ1v) is 10.7. The Hall–Kier alpha value is -3.49. The van der Waals surface area contributed by atoms with Crippen LogP contribution in [0, 0.1) is 0 Å². The summed E-state index contributed by atoms with van der Waals surface area (Å²) >= 11 is 5.83. The van der Waals surface area contributed by atoms with Gasteiger partial charge in [-0.15, -0.1) is 0 Å². The van der Waals surface area contributed by atoms with Crippen molar-refractivity contribution in [1.82, 2.24) is 15.0 Å². The largest absolute Gasteiger partial charge is 0.324 e. The number of hydrogen-bond donors (Lipinski definition) is 2. The second-order valence-corrected chi connectivity index (χ2v) is 8.39. The van der Waals surface area contributed by atoms with E-state index < -0.39 is 10.0 Å². The Balaban J connectivity index is 1.54. The molecule has 4 rings (SSSR count). The Bertz CT molecular complexity index is 1270. The maximum absolute atomic E-state index is 12.6. The van der Waals surface area contributed by atoms with Crippen LogP contribution in [0.2, 0.25) is 5.02 Å². The molecule has 9 heteroatoms. The Morgan fingerprint density at radius 1 is 0.833 bits per heavy atom. The topological polar surface area (TPSA) is 96.9 Å². The molecule has 0 atom stereocenters. The van der Waals surface area contributed by atoms with Gasteiger partial charge in [-0.2, -0.15) is 0 Å². The Kier molecular flexibility index (Phi) is 5.60. The van der Waals surface area contributed by atoms with Crippen molar-refractivity contribution in [3.8, 4) is 11.3 Å². The van der Waals surface area contributed by atoms with Crippen molar-refractivity contribution in [2.24, 2.45) is 0 Å². The van der Waals surface area contributed by atoms with E-state index in [2.05, 4.69) is 25.0 Å². The van der Waals surface area contributed by atoms with Gasteiger partial charge in [-0.3, -0.25) is 9.71 Å². The molecule has 0 aliphatic carbocycles. The van der Waals surface area contributed by atoms with Gasteiger partial charge >= 0.3 is 0 Å². The van der Waals surface area contributed by atoms with Crippen molar-refractivity contribution in [2.45, 2.75) is 4.90 Å². The first kappa shape index (κ1) is 19.8. The first-order valence-electron chi connectivity index (χ1n) is 8.88. The molecule has 0 fully saturated rings. The van der Waals surface area contributed by atoms with Gasteiger partial charge in [-0.05, 0) is 60.7 Å². The summed E-state index contributed by atoms with van der Waals surface area (Å²) in [6, 6.07) is 18.3. The molecule has 0 aliphatic rings. The predicted molar refractivity (Wildman–Crippen MR) is 117 cm³/mol. The van der Waals surface area contributed by atoms with E-state index >= 15 is 0 Å². The fourth-order valence-corrected chi connectivity index (χ4v) is 3.90. The maximum atomic E-state index is 12.6. The lowest BCUT2D eigenvalue weighted by molar-refractivity contribution is 0.601. The smallest absolute Gasteiger partial charge is 0.261 e. The zero-order valence-corrected chi connectivity index (χ0v) is 17.1. The quantitative estimate of drug-likeness (QED) is 0.452. The second kappa shape index (κ2) is 8.48. The number of sulfonamides is 1. The molecule has 30 heavy (non-hydrogen) atoms. The summed E-state index contributed by atoms with van der Waals surface area (Å²) in [5, 5.41) is 3.56. The summed E-state index contributed by atoms with van der Waals surface area (Å²) in [5.41, 5.74) is 2.70. The van der Waals surface area contributed by atoms with Crippen LogP contribution in [0.15, 0.2) is 90.2 Å². The summed E-state index contributed by atoms with van der Waals surface area (Å²) in [6.07, 6.45) is 5.04. The SMILES string of the molecule is O=S(=O)(Nc1cccc(Nc2nccc(-c3ccncc3)n2)c1)c1ccc(Cl)cc1. The van der Waals surface area contributed by atoms with Crippen molar-refractivity contribution in [2.75, 3.05) is 10.0 Å². The monoisotopic (exact) mass is 437 g/mol. The van der Waals surface area contributed by atoms with Gasteiger partial charge in [0.2, 0.25) is 5.95 Å². The molecule has 4 aromatic rings. The molecular formula is C21H16ClN5O2S. The van der Waals surface area contributed by atoms with E-state index in [0.29, 0.717) is 22.3 Å². The van der Waals surface area contributed by atoms with Crippen molar-refractivity contribution in [1.29, 1.82) is 0 Å². The molecule has 150 valence electrons. The highest BCUT2D eigenvalue weighted by Gasteiger charge is 2.14. The maximum Gasteiger partial charge on any atom is 0.261 e. The summed E-state index contributed by atoms with van der Waals surface area (Å²) in [4.78, 5) is 12.9. The lowest BCUT2D eigenvalue weighted by atomic mass is 10.2. The van der Waals surface area contributed by atoms with Crippen LogP contribution < -0.4 is 10.0 Å². The molecule has 0 saturated heterocycles. The van der Waals surface area contributed by atoms with Crippen LogP contribution in [0.3, 0.4) is 0 Å². The number of rotatable bonds is 6. The number of pyridine rings is 1. The molecule has 2 aromatic carbocycles. The highest BCUT2D eigenvalue weighted by Crippen LogP contribution is 2.23. The van der Waals surface area contributed by atoms with Gasteiger partial charge in [0.25, 0.3) is 10.0 Å². The molecule has 2 N–H and O–H groups in total. The molecule has 0 aliphatic heterocycles. The number of halogens is 1. The van der Waals surface area contributed by atoms with Crippen molar-refractivity contribution >= 4 is 38.9 Å². The van der Waals surface area contributed by atoms with Crippen LogP contribution in [0.25, 0.3) is 11.3 Å². The van der Waals surface area contributed by atoms with Crippen molar-refractivity contribution in [3.05, 3.63) is 90.3 Å². The number of nitrogens with one attached hydrogen (secondary N) is 2. The molecule has 0 unspecified atom stereocenters. The summed E-state index contributed by atoms with van der Waals surface area (Å²) in [5.74, 6) is 0.391. The van der Waals surface area contributed by atoms with Crippen molar-refractivity contribution < 1.29 is 8.42 Å². The zero-order chi connectivity index (χ0) is 21.0. The Morgan fingerprint density at radius 2 is 1.57 bits per heavy atom. The van der Waals surface area contributed by atoms with E-state index in [9.17, 15) is 8.42 Å². The lowest BCUT2D eigenvalue weighted by Crippen LogP contribution is -2.12. The fourth-order valence-electron chi connectivity index (χ4n) is 2.72. The van der Waals surface area contributed by atoms with E-state index in [0.717, 1.165) is 11.3 Å². The average molecular weight is 438 g/mol. The minimum Gasteiger partial charge on any atom is -0.324 e. The molecule has 0 spiro atoms. The van der Waals surface area contributed by atoms with Gasteiger partial charge in [0, 0.05) is 34.9 Å². The molecule has 0 bridgehead atoms. The zero-order valence-electron chi connectivity index (χ0n) is 15.5. The number of aromatic nitrogens is 3. The van der Waals surface area contributed by atoms with Gasteiger partial charge in [0.05, 0.1) is 16.3 Å². The number of benzene rings is 2. The average Bonchev–Trinajstić information content (AvgIpc) is 2.75.